The van der Waals surface area contributed by atoms with E-state index < -0.39 is 0 Å². The third-order valence-electron chi connectivity index (χ3n) is 2.97. The van der Waals surface area contributed by atoms with Crippen LogP contribution >= 0.6 is 0 Å². The van der Waals surface area contributed by atoms with Crippen molar-refractivity contribution >= 4 is 5.91 Å². The maximum atomic E-state index is 12.2. The van der Waals surface area contributed by atoms with Crippen LogP contribution in [0, 0.1) is 0 Å². The molecule has 0 saturated heterocycles. The molecule has 1 aliphatic rings. The molecule has 0 fully saturated rings. The number of aryl methyl sites for hydroxylation is 1. The maximum absolute atomic E-state index is 12.2. The molecule has 86 valence electrons. The summed E-state index contributed by atoms with van der Waals surface area (Å²) in [5.74, 6) is 0.809. The van der Waals surface area contributed by atoms with Crippen LogP contribution in [0.2, 0.25) is 0 Å². The van der Waals surface area contributed by atoms with E-state index in [4.69, 9.17) is 4.74 Å². The van der Waals surface area contributed by atoms with Crippen molar-refractivity contribution in [3.8, 4) is 5.75 Å². The van der Waals surface area contributed by atoms with Gasteiger partial charge in [0.25, 0.3) is 5.91 Å². The predicted molar refractivity (Wildman–Crippen MR) is 62.9 cm³/mol. The number of benzene rings is 1. The number of likely N-dealkylation sites (N-methyl/N-ethyl adjacent to an activating group) is 1. The summed E-state index contributed by atoms with van der Waals surface area (Å²) in [7, 11) is 0. The Bertz CT molecular complexity index is 401. The molecule has 0 aromatic heterocycles. The van der Waals surface area contributed by atoms with Crippen molar-refractivity contribution in [2.75, 3.05) is 19.7 Å². The van der Waals surface area contributed by atoms with Gasteiger partial charge in [-0.2, -0.15) is 0 Å². The second-order valence-corrected chi connectivity index (χ2v) is 3.92. The first-order chi connectivity index (χ1) is 7.76. The molecule has 3 nitrogen and oxygen atoms in total. The van der Waals surface area contributed by atoms with Gasteiger partial charge in [-0.1, -0.05) is 13.0 Å². The lowest BCUT2D eigenvalue weighted by atomic mass is 10.1. The smallest absolute Gasteiger partial charge is 0.257 e. The Hall–Kier alpha value is -1.51. The van der Waals surface area contributed by atoms with Crippen LogP contribution in [-0.4, -0.2) is 30.5 Å². The van der Waals surface area contributed by atoms with Crippen LogP contribution in [-0.2, 0) is 6.42 Å². The predicted octanol–water partition coefficient (Wildman–Crippen LogP) is 2.10. The highest BCUT2D eigenvalue weighted by atomic mass is 16.5. The maximum Gasteiger partial charge on any atom is 0.257 e. The minimum atomic E-state index is 0.0882. The van der Waals surface area contributed by atoms with Crippen LogP contribution in [0.4, 0.5) is 0 Å². The van der Waals surface area contributed by atoms with Gasteiger partial charge in [-0.3, -0.25) is 4.79 Å². The molecular weight excluding hydrogens is 202 g/mol. The largest absolute Gasteiger partial charge is 0.491 e. The second-order valence-electron chi connectivity index (χ2n) is 3.92. The van der Waals surface area contributed by atoms with E-state index in [0.717, 1.165) is 18.7 Å². The number of hydrogen-bond donors (Lipinski definition) is 0. The van der Waals surface area contributed by atoms with Gasteiger partial charge in [-0.25, -0.2) is 0 Å². The molecule has 0 atom stereocenters. The van der Waals surface area contributed by atoms with Crippen LogP contribution < -0.4 is 4.74 Å². The van der Waals surface area contributed by atoms with Gasteiger partial charge >= 0.3 is 0 Å². The van der Waals surface area contributed by atoms with Gasteiger partial charge in [0.1, 0.15) is 12.4 Å². The number of rotatable bonds is 2. The molecule has 16 heavy (non-hydrogen) atoms. The van der Waals surface area contributed by atoms with Crippen LogP contribution in [0.25, 0.3) is 0 Å². The van der Waals surface area contributed by atoms with E-state index in [2.05, 4.69) is 6.92 Å². The third-order valence-corrected chi connectivity index (χ3v) is 2.97. The summed E-state index contributed by atoms with van der Waals surface area (Å²) in [5, 5.41) is 0. The number of carbonyl (C=O) groups is 1. The first kappa shape index (κ1) is 11.0. The van der Waals surface area contributed by atoms with Crippen molar-refractivity contribution < 1.29 is 9.53 Å². The van der Waals surface area contributed by atoms with E-state index in [-0.39, 0.29) is 5.91 Å². The molecule has 1 heterocycles. The minimum absolute atomic E-state index is 0.0882. The van der Waals surface area contributed by atoms with Gasteiger partial charge in [0.15, 0.2) is 0 Å². The summed E-state index contributed by atoms with van der Waals surface area (Å²) in [4.78, 5) is 14.0. The molecule has 0 bridgehead atoms. The first-order valence-electron chi connectivity index (χ1n) is 5.81. The van der Waals surface area contributed by atoms with E-state index in [1.807, 2.05) is 30.0 Å². The fraction of sp³-hybridized carbons (Fsp3) is 0.462. The number of ether oxygens (including phenoxy) is 1. The molecule has 3 heteroatoms. The van der Waals surface area contributed by atoms with Gasteiger partial charge in [0, 0.05) is 6.54 Å². The zero-order valence-electron chi connectivity index (χ0n) is 9.82. The van der Waals surface area contributed by atoms with Gasteiger partial charge in [-0.15, -0.1) is 0 Å². The molecule has 1 aromatic carbocycles. The number of carbonyl (C=O) groups excluding carboxylic acids is 1. The molecule has 0 N–H and O–H groups in total. The summed E-state index contributed by atoms with van der Waals surface area (Å²) in [6.07, 6.45) is 0.937. The average molecular weight is 219 g/mol. The summed E-state index contributed by atoms with van der Waals surface area (Å²) in [6, 6.07) is 5.88. The van der Waals surface area contributed by atoms with E-state index in [1.165, 1.54) is 5.56 Å². The van der Waals surface area contributed by atoms with Crippen molar-refractivity contribution in [3.05, 3.63) is 29.3 Å². The Kier molecular flexibility index (Phi) is 3.13. The summed E-state index contributed by atoms with van der Waals surface area (Å²) < 4.78 is 5.59. The first-order valence-corrected chi connectivity index (χ1v) is 5.81. The molecule has 0 saturated carbocycles. The quantitative estimate of drug-likeness (QED) is 0.762. The van der Waals surface area contributed by atoms with Gasteiger partial charge < -0.3 is 9.64 Å². The Labute approximate surface area is 96.0 Å². The van der Waals surface area contributed by atoms with Crippen molar-refractivity contribution in [2.24, 2.45) is 0 Å². The zero-order chi connectivity index (χ0) is 11.5. The van der Waals surface area contributed by atoms with Gasteiger partial charge in [0.05, 0.1) is 12.1 Å². The number of fused-ring (bicyclic) bond motifs is 1. The molecule has 1 aliphatic heterocycles. The minimum Gasteiger partial charge on any atom is -0.491 e. The Morgan fingerprint density at radius 2 is 2.19 bits per heavy atom. The Balaban J connectivity index is 2.42. The SMILES string of the molecule is CCc1ccc2c(c1)C(=O)N(CC)CCO2. The summed E-state index contributed by atoms with van der Waals surface area (Å²) in [6.45, 7) is 6.06. The molecular formula is C13H17NO2. The van der Waals surface area contributed by atoms with E-state index in [9.17, 15) is 4.79 Å². The highest BCUT2D eigenvalue weighted by Gasteiger charge is 2.22. The molecule has 0 unspecified atom stereocenters. The summed E-state index contributed by atoms with van der Waals surface area (Å²) >= 11 is 0. The lowest BCUT2D eigenvalue weighted by molar-refractivity contribution is 0.0765. The van der Waals surface area contributed by atoms with Crippen molar-refractivity contribution in [3.63, 3.8) is 0 Å². The fourth-order valence-corrected chi connectivity index (χ4v) is 1.93. The monoisotopic (exact) mass is 219 g/mol. The van der Waals surface area contributed by atoms with E-state index in [0.29, 0.717) is 18.7 Å². The van der Waals surface area contributed by atoms with E-state index >= 15 is 0 Å². The number of hydrogen-bond acceptors (Lipinski definition) is 2. The van der Waals surface area contributed by atoms with Crippen LogP contribution in [0.1, 0.15) is 29.8 Å². The van der Waals surface area contributed by atoms with Crippen molar-refractivity contribution in [2.45, 2.75) is 20.3 Å². The van der Waals surface area contributed by atoms with Crippen LogP contribution in [0.3, 0.4) is 0 Å². The second kappa shape index (κ2) is 4.56. The molecule has 0 aliphatic carbocycles. The summed E-state index contributed by atoms with van der Waals surface area (Å²) in [5.41, 5.74) is 1.88. The number of nitrogens with zero attached hydrogens (tertiary/aromatic N) is 1. The van der Waals surface area contributed by atoms with Crippen molar-refractivity contribution in [1.29, 1.82) is 0 Å². The van der Waals surface area contributed by atoms with E-state index in [1.54, 1.807) is 0 Å². The normalized spacial score (nSPS) is 15.4. The third kappa shape index (κ3) is 1.90. The molecule has 1 aromatic rings. The topological polar surface area (TPSA) is 29.5 Å². The highest BCUT2D eigenvalue weighted by Crippen LogP contribution is 2.24. The Morgan fingerprint density at radius 1 is 1.38 bits per heavy atom. The van der Waals surface area contributed by atoms with Gasteiger partial charge in [0.2, 0.25) is 0 Å². The average Bonchev–Trinajstić information content (AvgIpc) is 2.48. The van der Waals surface area contributed by atoms with Crippen LogP contribution in [0.15, 0.2) is 18.2 Å². The molecule has 0 spiro atoms. The molecule has 2 rings (SSSR count). The number of amides is 1. The Morgan fingerprint density at radius 3 is 2.88 bits per heavy atom. The zero-order valence-corrected chi connectivity index (χ0v) is 9.82. The van der Waals surface area contributed by atoms with Gasteiger partial charge in [-0.05, 0) is 31.0 Å². The standard InChI is InChI=1S/C13H17NO2/c1-3-10-5-6-12-11(9-10)13(15)14(4-2)7-8-16-12/h5-6,9H,3-4,7-8H2,1-2H3. The lowest BCUT2D eigenvalue weighted by Gasteiger charge is -2.17. The highest BCUT2D eigenvalue weighted by molar-refractivity contribution is 5.97. The van der Waals surface area contributed by atoms with Crippen LogP contribution in [0.5, 0.6) is 5.75 Å². The molecule has 1 amide bonds. The lowest BCUT2D eigenvalue weighted by Crippen LogP contribution is -2.32. The van der Waals surface area contributed by atoms with Crippen molar-refractivity contribution in [1.82, 2.24) is 4.90 Å². The fourth-order valence-electron chi connectivity index (χ4n) is 1.93. The molecule has 0 radical (unpaired) electrons.